The average molecular weight is 495 g/mol. The molecule has 4 N–H and O–H groups in total. The normalized spacial score (nSPS) is 40.5. The van der Waals surface area contributed by atoms with E-state index in [2.05, 4.69) is 18.2 Å². The Labute approximate surface area is 205 Å². The Kier molecular flexibility index (Phi) is 7.55. The first-order chi connectivity index (χ1) is 16.3. The summed E-state index contributed by atoms with van der Waals surface area (Å²) in [7, 11) is 0. The van der Waals surface area contributed by atoms with Gasteiger partial charge in [-0.15, -0.1) is 6.58 Å². The number of ether oxygens (including phenoxy) is 3. The third-order valence-corrected chi connectivity index (χ3v) is 9.32. The van der Waals surface area contributed by atoms with Gasteiger partial charge in [0, 0.05) is 23.2 Å². The summed E-state index contributed by atoms with van der Waals surface area (Å²) >= 11 is 0. The highest BCUT2D eigenvalue weighted by Gasteiger charge is 2.68. The van der Waals surface area contributed by atoms with Crippen LogP contribution in [0, 0.1) is 34.0 Å². The molecule has 0 saturated heterocycles. The molecule has 3 amide bonds. The summed E-state index contributed by atoms with van der Waals surface area (Å²) in [4.78, 5) is 48.7. The molecular formula is C25H38N2O8. The van der Waals surface area contributed by atoms with Gasteiger partial charge in [0.25, 0.3) is 0 Å². The molecular weight excluding hydrogens is 456 g/mol. The van der Waals surface area contributed by atoms with E-state index in [1.165, 1.54) is 0 Å². The number of hydrogen-bond donors (Lipinski definition) is 3. The van der Waals surface area contributed by atoms with Crippen molar-refractivity contribution in [2.45, 2.75) is 72.0 Å². The first-order valence-corrected chi connectivity index (χ1v) is 12.2. The van der Waals surface area contributed by atoms with E-state index in [-0.39, 0.29) is 48.6 Å². The van der Waals surface area contributed by atoms with Crippen LogP contribution in [0.2, 0.25) is 0 Å². The number of primary amides is 1. The molecule has 10 heteroatoms. The smallest absolute Gasteiger partial charge is 0.416 e. The second-order valence-electron chi connectivity index (χ2n) is 10.9. The second-order valence-corrected chi connectivity index (χ2v) is 10.9. The molecule has 10 nitrogen and oxygen atoms in total. The maximum atomic E-state index is 13.3. The maximum absolute atomic E-state index is 13.3. The van der Waals surface area contributed by atoms with Crippen molar-refractivity contribution in [3.63, 3.8) is 0 Å². The van der Waals surface area contributed by atoms with E-state index in [0.29, 0.717) is 12.8 Å². The summed E-state index contributed by atoms with van der Waals surface area (Å²) in [6.45, 7) is 11.4. The van der Waals surface area contributed by atoms with Crippen molar-refractivity contribution < 1.29 is 38.5 Å². The van der Waals surface area contributed by atoms with Crippen molar-refractivity contribution in [1.82, 2.24) is 5.32 Å². The molecule has 3 rings (SSSR count). The molecule has 0 radical (unpaired) electrons. The number of nitrogens with one attached hydrogen (secondary N) is 1. The molecule has 0 aromatic carbocycles. The molecule has 0 aromatic heterocycles. The molecule has 8 atom stereocenters. The lowest BCUT2D eigenvalue weighted by atomic mass is 9.44. The number of imide groups is 1. The first kappa shape index (κ1) is 27.0. The lowest BCUT2D eigenvalue weighted by Gasteiger charge is -2.61. The Balaban J connectivity index is 1.88. The Morgan fingerprint density at radius 1 is 1.17 bits per heavy atom. The van der Waals surface area contributed by atoms with Gasteiger partial charge in [0.1, 0.15) is 25.1 Å². The summed E-state index contributed by atoms with van der Waals surface area (Å²) in [5.74, 6) is -0.298. The molecule has 3 fully saturated rings. The fraction of sp³-hybridized carbons (Fsp3) is 0.760. The van der Waals surface area contributed by atoms with Gasteiger partial charge in [0.05, 0.1) is 6.10 Å². The number of amides is 3. The second kappa shape index (κ2) is 9.79. The topological polar surface area (TPSA) is 154 Å². The van der Waals surface area contributed by atoms with Crippen LogP contribution in [0.4, 0.5) is 14.4 Å². The zero-order valence-corrected chi connectivity index (χ0v) is 21.0. The third-order valence-electron chi connectivity index (χ3n) is 9.32. The van der Waals surface area contributed by atoms with Crippen LogP contribution in [0.1, 0.15) is 59.8 Å². The van der Waals surface area contributed by atoms with Gasteiger partial charge in [-0.25, -0.2) is 19.7 Å². The number of carbonyl (C=O) groups is 4. The van der Waals surface area contributed by atoms with Crippen LogP contribution in [0.15, 0.2) is 12.7 Å². The van der Waals surface area contributed by atoms with Crippen LogP contribution < -0.4 is 11.1 Å². The van der Waals surface area contributed by atoms with E-state index in [9.17, 15) is 24.3 Å². The monoisotopic (exact) mass is 494 g/mol. The van der Waals surface area contributed by atoms with Crippen molar-refractivity contribution in [2.75, 3.05) is 13.2 Å². The Hall–Kier alpha value is -2.62. The van der Waals surface area contributed by atoms with E-state index >= 15 is 0 Å². The minimum atomic E-state index is -1.07. The number of carbonyl (C=O) groups excluding carboxylic acids is 4. The fourth-order valence-corrected chi connectivity index (χ4v) is 7.06. The Morgan fingerprint density at radius 3 is 2.46 bits per heavy atom. The number of hydrogen-bond acceptors (Lipinski definition) is 8. The van der Waals surface area contributed by atoms with Gasteiger partial charge in [0.2, 0.25) is 0 Å². The summed E-state index contributed by atoms with van der Waals surface area (Å²) < 4.78 is 15.1. The highest BCUT2D eigenvalue weighted by atomic mass is 16.6. The van der Waals surface area contributed by atoms with Gasteiger partial charge in [-0.05, 0) is 42.9 Å². The largest absolute Gasteiger partial charge is 0.446 e. The first-order valence-electron chi connectivity index (χ1n) is 12.2. The summed E-state index contributed by atoms with van der Waals surface area (Å²) in [5, 5.41) is 13.5. The van der Waals surface area contributed by atoms with Gasteiger partial charge in [-0.1, -0.05) is 33.8 Å². The quantitative estimate of drug-likeness (QED) is 0.299. The van der Waals surface area contributed by atoms with Gasteiger partial charge in [-0.2, -0.15) is 0 Å². The van der Waals surface area contributed by atoms with E-state index in [1.54, 1.807) is 6.08 Å². The number of alkyl carbamates (subject to hydrolysis) is 2. The molecule has 3 aliphatic rings. The number of aliphatic hydroxyl groups is 1. The highest BCUT2D eigenvalue weighted by Crippen LogP contribution is 2.67. The molecule has 2 bridgehead atoms. The zero-order chi connectivity index (χ0) is 26.2. The van der Waals surface area contributed by atoms with Gasteiger partial charge in [0.15, 0.2) is 0 Å². The molecule has 3 saturated carbocycles. The third kappa shape index (κ3) is 4.64. The van der Waals surface area contributed by atoms with Gasteiger partial charge >= 0.3 is 18.3 Å². The van der Waals surface area contributed by atoms with Crippen LogP contribution in [0.25, 0.3) is 0 Å². The van der Waals surface area contributed by atoms with Crippen LogP contribution in [-0.2, 0) is 19.0 Å². The number of Topliss-reactive ketones (excluding diaryl/α,β-unsaturated/α-hetero) is 1. The predicted molar refractivity (Wildman–Crippen MR) is 125 cm³/mol. The SMILES string of the molecule is C=C[C@]1(C)C[C@@H](OC(=O)NC(=O)OCCOC(N)=O)[C@@]2(C)C(C)CC[C@]3(CCC(=O)[C@H]32)[C@@H](C)[C@@H]1O. The molecule has 0 aromatic rings. The van der Waals surface area contributed by atoms with E-state index in [0.717, 1.165) is 12.8 Å². The minimum absolute atomic E-state index is 0.0647. The lowest BCUT2D eigenvalue weighted by molar-refractivity contribution is -0.191. The number of nitrogens with two attached hydrogens (primary N) is 1. The van der Waals surface area contributed by atoms with Gasteiger partial charge in [-0.3, -0.25) is 4.79 Å². The highest BCUT2D eigenvalue weighted by molar-refractivity contribution is 5.88. The van der Waals surface area contributed by atoms with E-state index < -0.39 is 41.3 Å². The zero-order valence-electron chi connectivity index (χ0n) is 21.0. The summed E-state index contributed by atoms with van der Waals surface area (Å²) in [5.41, 5.74) is 2.98. The maximum Gasteiger partial charge on any atom is 0.416 e. The van der Waals surface area contributed by atoms with Gasteiger partial charge < -0.3 is 25.1 Å². The number of rotatable bonds is 5. The van der Waals surface area contributed by atoms with Crippen molar-refractivity contribution in [3.05, 3.63) is 12.7 Å². The van der Waals surface area contributed by atoms with Crippen molar-refractivity contribution >= 4 is 24.1 Å². The molecule has 0 aliphatic heterocycles. The van der Waals surface area contributed by atoms with Crippen LogP contribution in [0.5, 0.6) is 0 Å². The van der Waals surface area contributed by atoms with Crippen molar-refractivity contribution in [2.24, 2.45) is 39.7 Å². The fourth-order valence-electron chi connectivity index (χ4n) is 7.06. The summed E-state index contributed by atoms with van der Waals surface area (Å²) in [6, 6.07) is 0. The lowest BCUT2D eigenvalue weighted by Crippen LogP contribution is -2.63. The van der Waals surface area contributed by atoms with Crippen LogP contribution in [-0.4, -0.2) is 54.6 Å². The van der Waals surface area contributed by atoms with Crippen molar-refractivity contribution in [1.29, 1.82) is 0 Å². The average Bonchev–Trinajstić information content (AvgIpc) is 3.15. The van der Waals surface area contributed by atoms with Crippen molar-refractivity contribution in [3.8, 4) is 0 Å². The minimum Gasteiger partial charge on any atom is -0.446 e. The number of ketones is 1. The van der Waals surface area contributed by atoms with E-state index in [1.807, 2.05) is 26.1 Å². The van der Waals surface area contributed by atoms with E-state index in [4.69, 9.17) is 15.2 Å². The number of aliphatic hydroxyl groups excluding tert-OH is 1. The molecule has 0 spiro atoms. The summed E-state index contributed by atoms with van der Waals surface area (Å²) in [6.07, 6.45) is 0.113. The van der Waals surface area contributed by atoms with Crippen LogP contribution in [0.3, 0.4) is 0 Å². The molecule has 3 aliphatic carbocycles. The molecule has 35 heavy (non-hydrogen) atoms. The molecule has 1 unspecified atom stereocenters. The van der Waals surface area contributed by atoms with Crippen LogP contribution >= 0.6 is 0 Å². The Bertz CT molecular complexity index is 893. The Morgan fingerprint density at radius 2 is 1.83 bits per heavy atom. The predicted octanol–water partition coefficient (Wildman–Crippen LogP) is 3.31. The molecule has 196 valence electrons. The standard InChI is InChI=1S/C25H38N2O8/c1-6-23(4)13-17(35-22(32)27-21(31)34-12-11-33-20(26)30)24(5)14(2)7-9-25(15(3)19(23)29)10-8-16(28)18(24)25/h6,14-15,17-19,29H,1,7-13H2,2-5H3,(H2,26,30)(H,27,31,32)/t14?,15-,17+,18-,19-,23+,24+,25-/m0/s1. The molecule has 0 heterocycles.